The summed E-state index contributed by atoms with van der Waals surface area (Å²) in [7, 11) is 0. The molecule has 0 spiro atoms. The molecule has 1 aromatic heterocycles. The summed E-state index contributed by atoms with van der Waals surface area (Å²) in [4.78, 5) is 21.6. The number of non-ortho nitro benzene ring substituents is 1. The van der Waals surface area contributed by atoms with Crippen molar-refractivity contribution in [3.8, 4) is 0 Å². The molecule has 0 fully saturated rings. The van der Waals surface area contributed by atoms with Crippen molar-refractivity contribution in [2.75, 3.05) is 0 Å². The quantitative estimate of drug-likeness (QED) is 0.591. The Hall–Kier alpha value is -3.15. The van der Waals surface area contributed by atoms with Gasteiger partial charge in [-0.25, -0.2) is 4.79 Å². The Morgan fingerprint density at radius 3 is 2.45 bits per heavy atom. The third-order valence-corrected chi connectivity index (χ3v) is 3.52. The molecule has 3 rings (SSSR count). The van der Waals surface area contributed by atoms with Gasteiger partial charge >= 0.3 is 5.97 Å². The second kappa shape index (κ2) is 5.33. The van der Waals surface area contributed by atoms with Gasteiger partial charge in [0.1, 0.15) is 5.69 Å². The predicted octanol–water partition coefficient (Wildman–Crippen LogP) is 3.30. The molecule has 0 amide bonds. The number of para-hydroxylation sites is 1. The Morgan fingerprint density at radius 1 is 1.14 bits per heavy atom. The minimum atomic E-state index is -1.00. The zero-order valence-electron chi connectivity index (χ0n) is 11.5. The van der Waals surface area contributed by atoms with Gasteiger partial charge in [-0.2, -0.15) is 0 Å². The van der Waals surface area contributed by atoms with E-state index >= 15 is 0 Å². The minimum absolute atomic E-state index is 0.0135. The first-order valence-corrected chi connectivity index (χ1v) is 6.61. The Kier molecular flexibility index (Phi) is 3.34. The van der Waals surface area contributed by atoms with E-state index in [1.165, 1.54) is 12.1 Å². The molecule has 3 aromatic rings. The monoisotopic (exact) mass is 296 g/mol. The fourth-order valence-corrected chi connectivity index (χ4v) is 2.46. The zero-order chi connectivity index (χ0) is 15.7. The number of nitro groups is 1. The van der Waals surface area contributed by atoms with Crippen molar-refractivity contribution < 1.29 is 14.8 Å². The van der Waals surface area contributed by atoms with Crippen LogP contribution in [0.4, 0.5) is 5.69 Å². The molecule has 0 aliphatic carbocycles. The normalized spacial score (nSPS) is 10.7. The Bertz CT molecular complexity index is 865. The number of nitro benzene ring substituents is 1. The molecule has 1 N–H and O–H groups in total. The number of carbonyl (C=O) groups is 1. The lowest BCUT2D eigenvalue weighted by molar-refractivity contribution is -0.384. The average molecular weight is 296 g/mol. The topological polar surface area (TPSA) is 85.4 Å². The van der Waals surface area contributed by atoms with Crippen LogP contribution in [-0.4, -0.2) is 20.6 Å². The highest BCUT2D eigenvalue weighted by Crippen LogP contribution is 2.22. The van der Waals surface area contributed by atoms with E-state index in [0.717, 1.165) is 16.5 Å². The fraction of sp³-hybridized carbons (Fsp3) is 0.0625. The second-order valence-electron chi connectivity index (χ2n) is 4.90. The molecule has 0 radical (unpaired) electrons. The second-order valence-corrected chi connectivity index (χ2v) is 4.90. The number of fused-ring (bicyclic) bond motifs is 1. The van der Waals surface area contributed by atoms with Gasteiger partial charge in [0.15, 0.2) is 0 Å². The van der Waals surface area contributed by atoms with E-state index in [9.17, 15) is 20.0 Å². The molecule has 0 atom stereocenters. The van der Waals surface area contributed by atoms with Crippen molar-refractivity contribution in [1.29, 1.82) is 0 Å². The van der Waals surface area contributed by atoms with Gasteiger partial charge in [0, 0.05) is 29.6 Å². The number of rotatable bonds is 4. The van der Waals surface area contributed by atoms with Crippen LogP contribution in [0.3, 0.4) is 0 Å². The largest absolute Gasteiger partial charge is 0.477 e. The number of aromatic nitrogens is 1. The summed E-state index contributed by atoms with van der Waals surface area (Å²) in [5.41, 5.74) is 1.83. The molecule has 110 valence electrons. The van der Waals surface area contributed by atoms with Gasteiger partial charge < -0.3 is 9.67 Å². The van der Waals surface area contributed by atoms with Crippen molar-refractivity contribution in [2.24, 2.45) is 0 Å². The van der Waals surface area contributed by atoms with Gasteiger partial charge in [-0.1, -0.05) is 30.3 Å². The van der Waals surface area contributed by atoms with Gasteiger partial charge in [-0.05, 0) is 17.7 Å². The van der Waals surface area contributed by atoms with Crippen LogP contribution >= 0.6 is 0 Å². The van der Waals surface area contributed by atoms with Crippen molar-refractivity contribution >= 4 is 22.6 Å². The van der Waals surface area contributed by atoms with Crippen LogP contribution in [0.5, 0.6) is 0 Å². The number of carboxylic acids is 1. The summed E-state index contributed by atoms with van der Waals surface area (Å²) >= 11 is 0. The first-order valence-electron chi connectivity index (χ1n) is 6.61. The van der Waals surface area contributed by atoms with Crippen LogP contribution in [0.1, 0.15) is 16.1 Å². The van der Waals surface area contributed by atoms with Crippen molar-refractivity contribution in [3.63, 3.8) is 0 Å². The van der Waals surface area contributed by atoms with Crippen molar-refractivity contribution in [3.05, 3.63) is 76.0 Å². The lowest BCUT2D eigenvalue weighted by atomic mass is 10.2. The third-order valence-electron chi connectivity index (χ3n) is 3.52. The van der Waals surface area contributed by atoms with Gasteiger partial charge in [0.2, 0.25) is 0 Å². The average Bonchev–Trinajstić information content (AvgIpc) is 2.87. The Morgan fingerprint density at radius 2 is 1.82 bits per heavy atom. The van der Waals surface area contributed by atoms with Gasteiger partial charge in [-0.3, -0.25) is 10.1 Å². The highest BCUT2D eigenvalue weighted by atomic mass is 16.6. The predicted molar refractivity (Wildman–Crippen MR) is 81.1 cm³/mol. The summed E-state index contributed by atoms with van der Waals surface area (Å²) in [5.74, 6) is -1.00. The van der Waals surface area contributed by atoms with Crippen LogP contribution in [0, 0.1) is 10.1 Å². The number of nitrogens with zero attached hydrogens (tertiary/aromatic N) is 2. The molecule has 1 heterocycles. The fourth-order valence-electron chi connectivity index (χ4n) is 2.46. The molecular formula is C16H12N2O4. The molecule has 0 saturated carbocycles. The van der Waals surface area contributed by atoms with Crippen molar-refractivity contribution in [2.45, 2.75) is 6.54 Å². The molecule has 6 heteroatoms. The lowest BCUT2D eigenvalue weighted by Crippen LogP contribution is -2.09. The van der Waals surface area contributed by atoms with Crippen LogP contribution in [0.15, 0.2) is 54.6 Å². The number of aromatic carboxylic acids is 1. The summed E-state index contributed by atoms with van der Waals surface area (Å²) in [5, 5.41) is 20.9. The SMILES string of the molecule is O=C(O)c1cc2ccccc2n1Cc1ccc([N+](=O)[O-])cc1. The number of hydrogen-bond acceptors (Lipinski definition) is 3. The maximum Gasteiger partial charge on any atom is 0.352 e. The van der Waals surface area contributed by atoms with Gasteiger partial charge in [0.05, 0.1) is 4.92 Å². The van der Waals surface area contributed by atoms with E-state index in [2.05, 4.69) is 0 Å². The molecular weight excluding hydrogens is 284 g/mol. The summed E-state index contributed by atoms with van der Waals surface area (Å²) in [6, 6.07) is 15.1. The van der Waals surface area contributed by atoms with Crippen LogP contribution in [0.2, 0.25) is 0 Å². The van der Waals surface area contributed by atoms with E-state index in [1.54, 1.807) is 22.8 Å². The first kappa shape index (κ1) is 13.8. The Labute approximate surface area is 125 Å². The molecule has 0 aliphatic rings. The Balaban J connectivity index is 2.04. The van der Waals surface area contributed by atoms with Crippen LogP contribution in [0.25, 0.3) is 10.9 Å². The third kappa shape index (κ3) is 2.42. The standard InChI is InChI=1S/C16H12N2O4/c19-16(20)15-9-12-3-1-2-4-14(12)17(15)10-11-5-7-13(8-6-11)18(21)22/h1-9H,10H2,(H,19,20). The van der Waals surface area contributed by atoms with Crippen LogP contribution < -0.4 is 0 Å². The minimum Gasteiger partial charge on any atom is -0.477 e. The molecule has 6 nitrogen and oxygen atoms in total. The highest BCUT2D eigenvalue weighted by Gasteiger charge is 2.15. The summed E-state index contributed by atoms with van der Waals surface area (Å²) in [6.07, 6.45) is 0. The zero-order valence-corrected chi connectivity index (χ0v) is 11.5. The molecule has 0 aliphatic heterocycles. The summed E-state index contributed by atoms with van der Waals surface area (Å²) < 4.78 is 1.69. The molecule has 0 saturated heterocycles. The molecule has 0 unspecified atom stereocenters. The number of benzene rings is 2. The molecule has 2 aromatic carbocycles. The molecule has 22 heavy (non-hydrogen) atoms. The van der Waals surface area contributed by atoms with E-state index in [1.807, 2.05) is 24.3 Å². The van der Waals surface area contributed by atoms with Crippen LogP contribution in [-0.2, 0) is 6.54 Å². The number of carboxylic acid groups (broad SMARTS) is 1. The van der Waals surface area contributed by atoms with E-state index in [4.69, 9.17) is 0 Å². The first-order chi connectivity index (χ1) is 10.6. The maximum absolute atomic E-state index is 11.4. The number of hydrogen-bond donors (Lipinski definition) is 1. The molecule has 0 bridgehead atoms. The van der Waals surface area contributed by atoms with Gasteiger partial charge in [0.25, 0.3) is 5.69 Å². The highest BCUT2D eigenvalue weighted by molar-refractivity contribution is 5.94. The van der Waals surface area contributed by atoms with Crippen molar-refractivity contribution in [1.82, 2.24) is 4.57 Å². The van der Waals surface area contributed by atoms with E-state index in [-0.39, 0.29) is 11.4 Å². The van der Waals surface area contributed by atoms with Gasteiger partial charge in [-0.15, -0.1) is 0 Å². The lowest BCUT2D eigenvalue weighted by Gasteiger charge is -2.08. The van der Waals surface area contributed by atoms with E-state index in [0.29, 0.717) is 6.54 Å². The van der Waals surface area contributed by atoms with E-state index < -0.39 is 10.9 Å². The smallest absolute Gasteiger partial charge is 0.352 e. The maximum atomic E-state index is 11.4. The summed E-state index contributed by atoms with van der Waals surface area (Å²) in [6.45, 7) is 0.340.